The van der Waals surface area contributed by atoms with Crippen molar-refractivity contribution in [2.24, 2.45) is 0 Å². The summed E-state index contributed by atoms with van der Waals surface area (Å²) in [5, 5.41) is 9.76. The Balaban J connectivity index is 2.93. The second-order valence-electron chi connectivity index (χ2n) is 4.55. The van der Waals surface area contributed by atoms with Gasteiger partial charge in [-0.1, -0.05) is 13.0 Å². The molecule has 0 unspecified atom stereocenters. The molecule has 8 heteroatoms. The van der Waals surface area contributed by atoms with Crippen molar-refractivity contribution in [2.45, 2.75) is 24.9 Å². The number of hydrogen-bond donors (Lipinski definition) is 2. The highest BCUT2D eigenvalue weighted by Crippen LogP contribution is 2.17. The van der Waals surface area contributed by atoms with Crippen LogP contribution in [0.2, 0.25) is 0 Å². The fourth-order valence-corrected chi connectivity index (χ4v) is 3.32. The summed E-state index contributed by atoms with van der Waals surface area (Å²) < 4.78 is 31.6. The Kier molecular flexibility index (Phi) is 7.58. The van der Waals surface area contributed by atoms with E-state index in [4.69, 9.17) is 4.74 Å². The van der Waals surface area contributed by atoms with Crippen molar-refractivity contribution in [2.75, 3.05) is 33.4 Å². The standard InChI is InChI=1S/C13H24N4O3S/c1-4-6-14-10-12-11-15-16-13(12)21(18,19)17(7-5-2)8-9-20-3/h5,11,14H,2,4,6-10H2,1,3H3,(H,15,16). The van der Waals surface area contributed by atoms with Gasteiger partial charge < -0.3 is 10.1 Å². The number of rotatable bonds is 11. The molecule has 0 aromatic carbocycles. The van der Waals surface area contributed by atoms with Gasteiger partial charge in [-0.05, 0) is 13.0 Å². The van der Waals surface area contributed by atoms with E-state index in [2.05, 4.69) is 29.0 Å². The third-order valence-electron chi connectivity index (χ3n) is 2.90. The Morgan fingerprint density at radius 1 is 1.57 bits per heavy atom. The third-order valence-corrected chi connectivity index (χ3v) is 4.78. The number of nitrogens with zero attached hydrogens (tertiary/aromatic N) is 2. The van der Waals surface area contributed by atoms with Crippen LogP contribution in [0.1, 0.15) is 18.9 Å². The van der Waals surface area contributed by atoms with Crippen molar-refractivity contribution in [1.29, 1.82) is 0 Å². The summed E-state index contributed by atoms with van der Waals surface area (Å²) in [5.74, 6) is 0. The number of aromatic nitrogens is 2. The minimum atomic E-state index is -3.64. The minimum absolute atomic E-state index is 0.129. The van der Waals surface area contributed by atoms with E-state index in [-0.39, 0.29) is 18.1 Å². The quantitative estimate of drug-likeness (QED) is 0.464. The van der Waals surface area contributed by atoms with Crippen LogP contribution < -0.4 is 5.32 Å². The highest BCUT2D eigenvalue weighted by atomic mass is 32.2. The van der Waals surface area contributed by atoms with Crippen molar-refractivity contribution in [1.82, 2.24) is 19.8 Å². The molecule has 0 aliphatic heterocycles. The largest absolute Gasteiger partial charge is 0.383 e. The molecular weight excluding hydrogens is 292 g/mol. The van der Waals surface area contributed by atoms with Gasteiger partial charge in [0.05, 0.1) is 12.8 Å². The van der Waals surface area contributed by atoms with Gasteiger partial charge in [0.1, 0.15) is 0 Å². The van der Waals surface area contributed by atoms with Crippen LogP contribution in [0.5, 0.6) is 0 Å². The van der Waals surface area contributed by atoms with E-state index in [1.54, 1.807) is 6.08 Å². The maximum atomic E-state index is 12.7. The van der Waals surface area contributed by atoms with Crippen LogP contribution >= 0.6 is 0 Å². The molecule has 0 amide bonds. The van der Waals surface area contributed by atoms with Crippen molar-refractivity contribution in [3.8, 4) is 0 Å². The molecule has 0 radical (unpaired) electrons. The normalized spacial score (nSPS) is 12.0. The number of H-pyrrole nitrogens is 1. The minimum Gasteiger partial charge on any atom is -0.383 e. The Labute approximate surface area is 126 Å². The van der Waals surface area contributed by atoms with Crippen LogP contribution in [-0.4, -0.2) is 56.3 Å². The van der Waals surface area contributed by atoms with E-state index in [1.807, 2.05) is 0 Å². The van der Waals surface area contributed by atoms with E-state index < -0.39 is 10.0 Å². The predicted molar refractivity (Wildman–Crippen MR) is 81.4 cm³/mol. The maximum Gasteiger partial charge on any atom is 0.260 e. The summed E-state index contributed by atoms with van der Waals surface area (Å²) >= 11 is 0. The third kappa shape index (κ3) is 4.92. The SMILES string of the molecule is C=CCN(CCOC)S(=O)(=O)c1[nH]ncc1CNCCC. The topological polar surface area (TPSA) is 87.3 Å². The van der Waals surface area contributed by atoms with Crippen LogP contribution in [0, 0.1) is 0 Å². The molecule has 0 spiro atoms. The molecule has 120 valence electrons. The van der Waals surface area contributed by atoms with Crippen molar-refractivity contribution in [3.63, 3.8) is 0 Å². The molecule has 0 aliphatic rings. The molecule has 1 aromatic rings. The van der Waals surface area contributed by atoms with Crippen LogP contribution in [0.25, 0.3) is 0 Å². The molecule has 0 fully saturated rings. The van der Waals surface area contributed by atoms with Crippen molar-refractivity contribution in [3.05, 3.63) is 24.4 Å². The summed E-state index contributed by atoms with van der Waals surface area (Å²) in [7, 11) is -2.10. The average molecular weight is 316 g/mol. The second-order valence-corrected chi connectivity index (χ2v) is 6.42. The lowest BCUT2D eigenvalue weighted by molar-refractivity contribution is 0.182. The van der Waals surface area contributed by atoms with Crippen molar-refractivity contribution < 1.29 is 13.2 Å². The zero-order chi connectivity index (χ0) is 15.7. The molecule has 1 rings (SSSR count). The highest BCUT2D eigenvalue weighted by Gasteiger charge is 2.27. The maximum absolute atomic E-state index is 12.7. The summed E-state index contributed by atoms with van der Waals surface area (Å²) in [5.41, 5.74) is 0.634. The van der Waals surface area contributed by atoms with E-state index in [9.17, 15) is 8.42 Å². The first kappa shape index (κ1) is 17.8. The summed E-state index contributed by atoms with van der Waals surface area (Å²) in [6.45, 7) is 7.76. The Morgan fingerprint density at radius 3 is 2.95 bits per heavy atom. The average Bonchev–Trinajstić information content (AvgIpc) is 2.93. The highest BCUT2D eigenvalue weighted by molar-refractivity contribution is 7.89. The first-order valence-electron chi connectivity index (χ1n) is 6.90. The molecule has 0 aliphatic carbocycles. The fraction of sp³-hybridized carbons (Fsp3) is 0.615. The van der Waals surface area contributed by atoms with Gasteiger partial charge in [-0.15, -0.1) is 6.58 Å². The molecular formula is C13H24N4O3S. The second kappa shape index (κ2) is 8.93. The molecule has 1 heterocycles. The van der Waals surface area contributed by atoms with E-state index >= 15 is 0 Å². The van der Waals surface area contributed by atoms with Gasteiger partial charge in [0.25, 0.3) is 10.0 Å². The number of ether oxygens (including phenoxy) is 1. The molecule has 7 nitrogen and oxygen atoms in total. The lowest BCUT2D eigenvalue weighted by atomic mass is 10.3. The molecule has 0 saturated carbocycles. The molecule has 0 atom stereocenters. The lowest BCUT2D eigenvalue weighted by Crippen LogP contribution is -2.35. The van der Waals surface area contributed by atoms with Crippen LogP contribution in [-0.2, 0) is 21.3 Å². The van der Waals surface area contributed by atoms with Gasteiger partial charge in [0, 0.05) is 32.3 Å². The van der Waals surface area contributed by atoms with Gasteiger partial charge in [0.2, 0.25) is 0 Å². The van der Waals surface area contributed by atoms with Gasteiger partial charge in [0.15, 0.2) is 5.03 Å². The first-order valence-corrected chi connectivity index (χ1v) is 8.34. The van der Waals surface area contributed by atoms with Gasteiger partial charge in [-0.3, -0.25) is 5.10 Å². The van der Waals surface area contributed by atoms with Crippen molar-refractivity contribution >= 4 is 10.0 Å². The zero-order valence-corrected chi connectivity index (χ0v) is 13.4. The number of aromatic amines is 1. The molecule has 0 saturated heterocycles. The number of hydrogen-bond acceptors (Lipinski definition) is 5. The van der Waals surface area contributed by atoms with Crippen LogP contribution in [0.3, 0.4) is 0 Å². The number of nitrogens with one attached hydrogen (secondary N) is 2. The Morgan fingerprint density at radius 2 is 2.33 bits per heavy atom. The Bertz CT molecular complexity index is 527. The monoisotopic (exact) mass is 316 g/mol. The van der Waals surface area contributed by atoms with Gasteiger partial charge in [-0.2, -0.15) is 9.40 Å². The number of sulfonamides is 1. The van der Waals surface area contributed by atoms with Gasteiger partial charge in [-0.25, -0.2) is 8.42 Å². The van der Waals surface area contributed by atoms with E-state index in [0.717, 1.165) is 13.0 Å². The summed E-state index contributed by atoms with van der Waals surface area (Å²) in [4.78, 5) is 0. The van der Waals surface area contributed by atoms with Gasteiger partial charge >= 0.3 is 0 Å². The van der Waals surface area contributed by atoms with E-state index in [0.29, 0.717) is 18.7 Å². The fourth-order valence-electron chi connectivity index (χ4n) is 1.82. The molecule has 2 N–H and O–H groups in total. The van der Waals surface area contributed by atoms with Crippen LogP contribution in [0.4, 0.5) is 0 Å². The first-order chi connectivity index (χ1) is 10.1. The Hall–Kier alpha value is -1.22. The summed E-state index contributed by atoms with van der Waals surface area (Å²) in [6.07, 6.45) is 4.08. The lowest BCUT2D eigenvalue weighted by Gasteiger charge is -2.20. The predicted octanol–water partition coefficient (Wildman–Crippen LogP) is 0.732. The molecule has 21 heavy (non-hydrogen) atoms. The zero-order valence-electron chi connectivity index (χ0n) is 12.6. The summed E-state index contributed by atoms with van der Waals surface area (Å²) in [6, 6.07) is 0. The molecule has 0 bridgehead atoms. The smallest absolute Gasteiger partial charge is 0.260 e. The number of methoxy groups -OCH3 is 1. The van der Waals surface area contributed by atoms with E-state index in [1.165, 1.54) is 17.6 Å². The van der Waals surface area contributed by atoms with Crippen LogP contribution in [0.15, 0.2) is 23.9 Å². The molecule has 1 aromatic heterocycles.